The summed E-state index contributed by atoms with van der Waals surface area (Å²) < 4.78 is 0. The largest absolute Gasteiger partial charge is 0.303 e. The lowest BCUT2D eigenvalue weighted by atomic mass is 10.0. The number of hydrogen-bond acceptors (Lipinski definition) is 1. The predicted molar refractivity (Wildman–Crippen MR) is 54.0 cm³/mol. The number of rotatable bonds is 4. The lowest BCUT2D eigenvalue weighted by molar-refractivity contribution is 0.238. The van der Waals surface area contributed by atoms with Crippen LogP contribution < -0.4 is 0 Å². The molecule has 12 heavy (non-hydrogen) atoms. The molecule has 1 rings (SSSR count). The highest BCUT2D eigenvalue weighted by molar-refractivity contribution is 4.77. The Morgan fingerprint density at radius 1 is 1.25 bits per heavy atom. The van der Waals surface area contributed by atoms with Crippen molar-refractivity contribution >= 4 is 0 Å². The summed E-state index contributed by atoms with van der Waals surface area (Å²) in [5.74, 6) is 0.798. The second-order valence-corrected chi connectivity index (χ2v) is 3.98. The van der Waals surface area contributed by atoms with Gasteiger partial charge in [-0.3, -0.25) is 0 Å². The number of nitrogens with zero attached hydrogens (tertiary/aromatic N) is 1. The van der Waals surface area contributed by atoms with Gasteiger partial charge in [-0.15, -0.1) is 0 Å². The zero-order valence-electron chi connectivity index (χ0n) is 8.55. The van der Waals surface area contributed by atoms with Gasteiger partial charge in [-0.05, 0) is 38.3 Å². The minimum atomic E-state index is 0.798. The number of piperidine rings is 1. The lowest BCUT2D eigenvalue weighted by Crippen LogP contribution is -2.31. The van der Waals surface area contributed by atoms with E-state index in [-0.39, 0.29) is 0 Å². The first-order chi connectivity index (χ1) is 5.83. The zero-order valence-corrected chi connectivity index (χ0v) is 8.55. The third kappa shape index (κ3) is 3.57. The average molecular weight is 168 g/mol. The predicted octanol–water partition coefficient (Wildman–Crippen LogP) is 2.72. The Hall–Kier alpha value is -0.0400. The van der Waals surface area contributed by atoms with Gasteiger partial charge in [-0.2, -0.15) is 0 Å². The molecule has 1 radical (unpaired) electrons. The van der Waals surface area contributed by atoms with Crippen LogP contribution in [0.15, 0.2) is 0 Å². The van der Waals surface area contributed by atoms with Crippen molar-refractivity contribution < 1.29 is 0 Å². The standard InChI is InChI=1S/C11H22N/c1-3-11(2)7-10-12-8-5-4-6-9-12/h7,11H,3-6,8-10H2,1-2H3. The zero-order chi connectivity index (χ0) is 8.81. The maximum absolute atomic E-state index is 2.58. The molecule has 1 heterocycles. The first-order valence-electron chi connectivity index (χ1n) is 5.38. The smallest absolute Gasteiger partial charge is 0.00154 e. The number of likely N-dealkylation sites (tertiary alicyclic amines) is 1. The van der Waals surface area contributed by atoms with E-state index in [1.165, 1.54) is 45.3 Å². The van der Waals surface area contributed by atoms with Gasteiger partial charge in [-0.25, -0.2) is 0 Å². The summed E-state index contributed by atoms with van der Waals surface area (Å²) >= 11 is 0. The molecule has 1 fully saturated rings. The van der Waals surface area contributed by atoms with Crippen molar-refractivity contribution in [3.63, 3.8) is 0 Å². The van der Waals surface area contributed by atoms with E-state index in [0.29, 0.717) is 0 Å². The Labute approximate surface area is 77.1 Å². The topological polar surface area (TPSA) is 3.24 Å². The molecule has 71 valence electrons. The molecule has 0 spiro atoms. The van der Waals surface area contributed by atoms with Gasteiger partial charge in [-0.1, -0.05) is 26.7 Å². The molecule has 1 aliphatic rings. The molecule has 0 N–H and O–H groups in total. The van der Waals surface area contributed by atoms with E-state index in [1.54, 1.807) is 0 Å². The molecule has 1 unspecified atom stereocenters. The van der Waals surface area contributed by atoms with E-state index in [2.05, 4.69) is 25.2 Å². The summed E-state index contributed by atoms with van der Waals surface area (Å²) in [6.45, 7) is 8.44. The summed E-state index contributed by atoms with van der Waals surface area (Å²) in [6, 6.07) is 0. The Balaban J connectivity index is 2.05. The summed E-state index contributed by atoms with van der Waals surface area (Å²) in [5, 5.41) is 0. The minimum absolute atomic E-state index is 0.798. The molecule has 0 aromatic heterocycles. The fourth-order valence-corrected chi connectivity index (χ4v) is 1.64. The second-order valence-electron chi connectivity index (χ2n) is 3.98. The third-order valence-electron chi connectivity index (χ3n) is 2.86. The maximum atomic E-state index is 2.58. The van der Waals surface area contributed by atoms with Crippen LogP contribution in [0, 0.1) is 12.3 Å². The van der Waals surface area contributed by atoms with Crippen LogP contribution in [0.5, 0.6) is 0 Å². The molecular formula is C11H22N. The Kier molecular flexibility index (Phi) is 4.67. The highest BCUT2D eigenvalue weighted by Gasteiger charge is 2.10. The summed E-state index contributed by atoms with van der Waals surface area (Å²) in [4.78, 5) is 2.58. The summed E-state index contributed by atoms with van der Waals surface area (Å²) in [7, 11) is 0. The van der Waals surface area contributed by atoms with Gasteiger partial charge in [0.05, 0.1) is 0 Å². The maximum Gasteiger partial charge on any atom is 0.00154 e. The average Bonchev–Trinajstić information content (AvgIpc) is 2.16. The minimum Gasteiger partial charge on any atom is -0.303 e. The van der Waals surface area contributed by atoms with Gasteiger partial charge in [0.15, 0.2) is 0 Å². The molecule has 1 nitrogen and oxygen atoms in total. The van der Waals surface area contributed by atoms with Crippen LogP contribution in [-0.4, -0.2) is 24.5 Å². The van der Waals surface area contributed by atoms with E-state index < -0.39 is 0 Å². The fraction of sp³-hybridized carbons (Fsp3) is 0.909. The lowest BCUT2D eigenvalue weighted by Gasteiger charge is -2.27. The van der Waals surface area contributed by atoms with Crippen LogP contribution in [0.25, 0.3) is 0 Å². The third-order valence-corrected chi connectivity index (χ3v) is 2.86. The van der Waals surface area contributed by atoms with Crippen molar-refractivity contribution in [1.29, 1.82) is 0 Å². The normalized spacial score (nSPS) is 22.5. The van der Waals surface area contributed by atoms with E-state index in [0.717, 1.165) is 5.92 Å². The molecule has 0 amide bonds. The molecule has 1 aliphatic heterocycles. The van der Waals surface area contributed by atoms with Crippen LogP contribution in [0.1, 0.15) is 39.5 Å². The first-order valence-corrected chi connectivity index (χ1v) is 5.38. The van der Waals surface area contributed by atoms with E-state index in [1.807, 2.05) is 0 Å². The summed E-state index contributed by atoms with van der Waals surface area (Å²) in [5.41, 5.74) is 0. The molecule has 0 aromatic rings. The van der Waals surface area contributed by atoms with Gasteiger partial charge in [0.2, 0.25) is 0 Å². The molecular weight excluding hydrogens is 146 g/mol. The molecule has 0 aromatic carbocycles. The van der Waals surface area contributed by atoms with Gasteiger partial charge < -0.3 is 4.90 Å². The van der Waals surface area contributed by atoms with Crippen molar-refractivity contribution in [3.8, 4) is 0 Å². The van der Waals surface area contributed by atoms with Crippen LogP contribution in [0.4, 0.5) is 0 Å². The van der Waals surface area contributed by atoms with Gasteiger partial charge in [0.1, 0.15) is 0 Å². The van der Waals surface area contributed by atoms with Crippen LogP contribution in [0.2, 0.25) is 0 Å². The Morgan fingerprint density at radius 2 is 1.92 bits per heavy atom. The molecule has 1 saturated heterocycles. The van der Waals surface area contributed by atoms with Crippen LogP contribution in [-0.2, 0) is 0 Å². The highest BCUT2D eigenvalue weighted by atomic mass is 15.1. The molecule has 1 atom stereocenters. The monoisotopic (exact) mass is 168 g/mol. The SMILES string of the molecule is CCC(C)[CH]CN1CCCCC1. The summed E-state index contributed by atoms with van der Waals surface area (Å²) in [6.07, 6.45) is 8.02. The molecule has 0 bridgehead atoms. The van der Waals surface area contributed by atoms with Gasteiger partial charge in [0.25, 0.3) is 0 Å². The van der Waals surface area contributed by atoms with Crippen LogP contribution in [0.3, 0.4) is 0 Å². The van der Waals surface area contributed by atoms with Crippen molar-refractivity contribution in [2.45, 2.75) is 39.5 Å². The first kappa shape index (κ1) is 10.0. The molecule has 0 aliphatic carbocycles. The van der Waals surface area contributed by atoms with Crippen LogP contribution >= 0.6 is 0 Å². The molecule has 1 heteroatoms. The molecule has 0 saturated carbocycles. The van der Waals surface area contributed by atoms with Crippen molar-refractivity contribution in [1.82, 2.24) is 4.90 Å². The highest BCUT2D eigenvalue weighted by Crippen LogP contribution is 2.11. The van der Waals surface area contributed by atoms with E-state index >= 15 is 0 Å². The van der Waals surface area contributed by atoms with Crippen molar-refractivity contribution in [2.24, 2.45) is 5.92 Å². The van der Waals surface area contributed by atoms with Crippen molar-refractivity contribution in [3.05, 3.63) is 6.42 Å². The quantitative estimate of drug-likeness (QED) is 0.624. The van der Waals surface area contributed by atoms with Gasteiger partial charge >= 0.3 is 0 Å². The Bertz CT molecular complexity index is 106. The van der Waals surface area contributed by atoms with E-state index in [9.17, 15) is 0 Å². The van der Waals surface area contributed by atoms with E-state index in [4.69, 9.17) is 0 Å². The second kappa shape index (κ2) is 5.58. The van der Waals surface area contributed by atoms with Gasteiger partial charge in [0, 0.05) is 6.54 Å². The Morgan fingerprint density at radius 3 is 2.50 bits per heavy atom. The number of hydrogen-bond donors (Lipinski definition) is 0. The van der Waals surface area contributed by atoms with Crippen molar-refractivity contribution in [2.75, 3.05) is 19.6 Å². The fourth-order valence-electron chi connectivity index (χ4n) is 1.64.